The molecular weight excluding hydrogens is 320 g/mol. The van der Waals surface area contributed by atoms with Gasteiger partial charge in [-0.25, -0.2) is 0 Å². The van der Waals surface area contributed by atoms with Gasteiger partial charge in [-0.3, -0.25) is 4.79 Å². The van der Waals surface area contributed by atoms with Gasteiger partial charge in [-0.15, -0.1) is 0 Å². The molecule has 0 unspecified atom stereocenters. The fraction of sp³-hybridized carbons (Fsp3) is 0.368. The molecule has 0 aliphatic heterocycles. The molecule has 1 aromatic carbocycles. The van der Waals surface area contributed by atoms with Gasteiger partial charge >= 0.3 is 0 Å². The highest BCUT2D eigenvalue weighted by molar-refractivity contribution is 7.81. The minimum atomic E-state index is -0.00500. The third-order valence-electron chi connectivity index (χ3n) is 3.75. The van der Waals surface area contributed by atoms with Gasteiger partial charge in [0.2, 0.25) is 5.91 Å². The molecule has 1 heterocycles. The quantitative estimate of drug-likeness (QED) is 0.527. The summed E-state index contributed by atoms with van der Waals surface area (Å²) in [7, 11) is 0. The fourth-order valence-electron chi connectivity index (χ4n) is 2.43. The molecule has 1 aromatic heterocycles. The number of aromatic nitrogens is 1. The normalized spacial score (nSPS) is 11.1. The fourth-order valence-corrected chi connectivity index (χ4v) is 2.54. The van der Waals surface area contributed by atoms with Crippen LogP contribution >= 0.6 is 12.6 Å². The summed E-state index contributed by atoms with van der Waals surface area (Å²) in [4.78, 5) is 11.0. The maximum atomic E-state index is 11.0. The molecular formula is C19H24N2O2S. The highest BCUT2D eigenvalue weighted by atomic mass is 32.1. The number of carbonyl (C=O) groups excluding carboxylic acids is 1. The van der Waals surface area contributed by atoms with Crippen LogP contribution in [-0.2, 0) is 4.79 Å². The van der Waals surface area contributed by atoms with E-state index < -0.39 is 0 Å². The minimum Gasteiger partial charge on any atom is -0.360 e. The number of amides is 1. The number of hydrogen-bond acceptors (Lipinski definition) is 4. The van der Waals surface area contributed by atoms with Crippen LogP contribution in [-0.4, -0.2) is 23.4 Å². The minimum absolute atomic E-state index is 0.00500. The van der Waals surface area contributed by atoms with E-state index >= 15 is 0 Å². The van der Waals surface area contributed by atoms with E-state index in [0.29, 0.717) is 0 Å². The molecule has 1 amide bonds. The van der Waals surface area contributed by atoms with Crippen LogP contribution in [0.5, 0.6) is 0 Å². The van der Waals surface area contributed by atoms with Crippen LogP contribution in [0.2, 0.25) is 0 Å². The monoisotopic (exact) mass is 344 g/mol. The molecule has 128 valence electrons. The van der Waals surface area contributed by atoms with Crippen molar-refractivity contribution < 1.29 is 9.32 Å². The zero-order valence-electron chi connectivity index (χ0n) is 14.0. The van der Waals surface area contributed by atoms with Crippen molar-refractivity contribution in [1.82, 2.24) is 10.5 Å². The molecule has 0 atom stereocenters. The molecule has 0 fully saturated rings. The Morgan fingerprint density at radius 3 is 2.79 bits per heavy atom. The third kappa shape index (κ3) is 5.57. The van der Waals surface area contributed by atoms with Crippen molar-refractivity contribution in [3.05, 3.63) is 47.7 Å². The number of benzene rings is 1. The van der Waals surface area contributed by atoms with Crippen LogP contribution < -0.4 is 5.32 Å². The lowest BCUT2D eigenvalue weighted by atomic mass is 10.1. The van der Waals surface area contributed by atoms with Gasteiger partial charge in [-0.05, 0) is 26.2 Å². The third-order valence-corrected chi connectivity index (χ3v) is 4.04. The molecule has 0 aliphatic carbocycles. The number of rotatable bonds is 9. The molecule has 0 bridgehead atoms. The van der Waals surface area contributed by atoms with Crippen LogP contribution in [0.25, 0.3) is 17.3 Å². The van der Waals surface area contributed by atoms with E-state index in [1.54, 1.807) is 0 Å². The molecule has 2 aromatic rings. The molecule has 5 heteroatoms. The molecule has 0 saturated heterocycles. The van der Waals surface area contributed by atoms with Gasteiger partial charge in [0, 0.05) is 17.7 Å². The number of aryl methyl sites for hydroxylation is 1. The number of thiol groups is 1. The molecule has 4 nitrogen and oxygen atoms in total. The van der Waals surface area contributed by atoms with E-state index in [4.69, 9.17) is 4.52 Å². The Labute approximate surface area is 148 Å². The van der Waals surface area contributed by atoms with Crippen LogP contribution in [0.1, 0.15) is 37.0 Å². The van der Waals surface area contributed by atoms with Crippen molar-refractivity contribution in [2.75, 3.05) is 12.3 Å². The van der Waals surface area contributed by atoms with E-state index in [-0.39, 0.29) is 11.7 Å². The van der Waals surface area contributed by atoms with Crippen molar-refractivity contribution in [2.45, 2.75) is 32.6 Å². The number of nitrogens with zero attached hydrogens (tertiary/aromatic N) is 1. The maximum absolute atomic E-state index is 11.0. The highest BCUT2D eigenvalue weighted by Gasteiger charge is 2.11. The molecule has 0 saturated carbocycles. The first-order valence-electron chi connectivity index (χ1n) is 8.28. The predicted octanol–water partition coefficient (Wildman–Crippen LogP) is 4.27. The average Bonchev–Trinajstić information content (AvgIpc) is 2.98. The number of allylic oxidation sites excluding steroid dienone is 1. The molecule has 2 rings (SSSR count). The summed E-state index contributed by atoms with van der Waals surface area (Å²) < 4.78 is 5.35. The van der Waals surface area contributed by atoms with E-state index in [1.165, 1.54) is 0 Å². The second-order valence-electron chi connectivity index (χ2n) is 5.63. The zero-order chi connectivity index (χ0) is 17.2. The van der Waals surface area contributed by atoms with Crippen molar-refractivity contribution in [3.63, 3.8) is 0 Å². The molecule has 0 aliphatic rings. The first kappa shape index (κ1) is 18.3. The summed E-state index contributed by atoms with van der Waals surface area (Å²) in [5.41, 5.74) is 3.00. The summed E-state index contributed by atoms with van der Waals surface area (Å²) in [5.74, 6) is 1.08. The van der Waals surface area contributed by atoms with Gasteiger partial charge in [0.1, 0.15) is 11.5 Å². The summed E-state index contributed by atoms with van der Waals surface area (Å²) in [5, 5.41) is 7.00. The Morgan fingerprint density at radius 2 is 2.04 bits per heavy atom. The maximum Gasteiger partial charge on any atom is 0.229 e. The zero-order valence-corrected chi connectivity index (χ0v) is 14.9. The highest BCUT2D eigenvalue weighted by Crippen LogP contribution is 2.26. The van der Waals surface area contributed by atoms with E-state index in [2.05, 4.69) is 35.3 Å². The van der Waals surface area contributed by atoms with Gasteiger partial charge in [0.05, 0.1) is 5.75 Å². The first-order chi connectivity index (χ1) is 11.7. The van der Waals surface area contributed by atoms with Gasteiger partial charge in [0.15, 0.2) is 0 Å². The number of unbranched alkanes of at least 4 members (excludes halogenated alkanes) is 3. The Hall–Kier alpha value is -2.01. The lowest BCUT2D eigenvalue weighted by Gasteiger charge is -2.02. The summed E-state index contributed by atoms with van der Waals surface area (Å²) in [6.45, 7) is 2.66. The van der Waals surface area contributed by atoms with Crippen molar-refractivity contribution in [1.29, 1.82) is 0 Å². The lowest BCUT2D eigenvalue weighted by molar-refractivity contribution is -0.118. The Bertz CT molecular complexity index is 665. The summed E-state index contributed by atoms with van der Waals surface area (Å²) in [6, 6.07) is 10.1. The summed E-state index contributed by atoms with van der Waals surface area (Å²) in [6.07, 6.45) is 8.44. The molecule has 24 heavy (non-hydrogen) atoms. The van der Waals surface area contributed by atoms with E-state index in [9.17, 15) is 4.79 Å². The number of nitrogens with one attached hydrogen (secondary N) is 1. The van der Waals surface area contributed by atoms with Gasteiger partial charge in [0.25, 0.3) is 0 Å². The smallest absolute Gasteiger partial charge is 0.229 e. The number of hydrogen-bond donors (Lipinski definition) is 2. The van der Waals surface area contributed by atoms with Crippen molar-refractivity contribution >= 4 is 24.6 Å². The Balaban J connectivity index is 1.79. The van der Waals surface area contributed by atoms with Gasteiger partial charge < -0.3 is 9.84 Å². The van der Waals surface area contributed by atoms with Crippen LogP contribution in [0.15, 0.2) is 40.9 Å². The van der Waals surface area contributed by atoms with Crippen LogP contribution in [0.4, 0.5) is 0 Å². The predicted molar refractivity (Wildman–Crippen MR) is 101 cm³/mol. The first-order valence-corrected chi connectivity index (χ1v) is 8.91. The second kappa shape index (κ2) is 9.98. The molecule has 0 spiro atoms. The van der Waals surface area contributed by atoms with Gasteiger partial charge in [-0.1, -0.05) is 54.1 Å². The number of carbonyl (C=O) groups is 1. The Morgan fingerprint density at radius 1 is 1.25 bits per heavy atom. The van der Waals surface area contributed by atoms with Crippen molar-refractivity contribution in [3.8, 4) is 11.3 Å². The Kier molecular flexibility index (Phi) is 7.62. The standard InChI is InChI=1S/C19H24N2O2S/c1-15-17(19(21-23-15)16-10-6-5-7-11-16)12-8-3-2-4-9-13-20-18(22)14-24/h5-8,10-12,24H,2-4,9,13-14H2,1H3,(H,20,22)/b12-8+. The molecule has 1 N–H and O–H groups in total. The van der Waals surface area contributed by atoms with Crippen molar-refractivity contribution in [2.24, 2.45) is 0 Å². The van der Waals surface area contributed by atoms with Crippen LogP contribution in [0, 0.1) is 6.92 Å². The average molecular weight is 344 g/mol. The summed E-state index contributed by atoms with van der Waals surface area (Å²) >= 11 is 3.92. The topological polar surface area (TPSA) is 55.1 Å². The SMILES string of the molecule is Cc1onc(-c2ccccc2)c1/C=C/CCCCCNC(=O)CS. The van der Waals surface area contributed by atoms with Crippen LogP contribution in [0.3, 0.4) is 0 Å². The van der Waals surface area contributed by atoms with Gasteiger partial charge in [-0.2, -0.15) is 12.6 Å². The lowest BCUT2D eigenvalue weighted by Crippen LogP contribution is -2.25. The molecule has 0 radical (unpaired) electrons. The van der Waals surface area contributed by atoms with E-state index in [1.807, 2.05) is 37.3 Å². The van der Waals surface area contributed by atoms with E-state index in [0.717, 1.165) is 54.8 Å². The second-order valence-corrected chi connectivity index (χ2v) is 5.94. The largest absolute Gasteiger partial charge is 0.360 e.